The highest BCUT2D eigenvalue weighted by atomic mass is 35.5. The Kier molecular flexibility index (Phi) is 8.29. The average Bonchev–Trinajstić information content (AvgIpc) is 3.16. The van der Waals surface area contributed by atoms with Gasteiger partial charge >= 0.3 is 0 Å². The van der Waals surface area contributed by atoms with Crippen LogP contribution >= 0.6 is 23.7 Å². The molecule has 3 heterocycles. The molecule has 166 valence electrons. The zero-order valence-corrected chi connectivity index (χ0v) is 19.4. The molecule has 0 bridgehead atoms. The summed E-state index contributed by atoms with van der Waals surface area (Å²) >= 11 is 1.72. The van der Waals surface area contributed by atoms with Gasteiger partial charge in [-0.05, 0) is 61.5 Å². The Morgan fingerprint density at radius 1 is 1.16 bits per heavy atom. The summed E-state index contributed by atoms with van der Waals surface area (Å²) in [6, 6.07) is 11.2. The molecule has 1 N–H and O–H groups in total. The Morgan fingerprint density at radius 3 is 2.61 bits per heavy atom. The molecule has 1 unspecified atom stereocenters. The first-order chi connectivity index (χ1) is 14.7. The Balaban J connectivity index is 0.00000272. The minimum Gasteiger partial charge on any atom is -0.451 e. The van der Waals surface area contributed by atoms with Gasteiger partial charge in [0.05, 0.1) is 11.4 Å². The highest BCUT2D eigenvalue weighted by Crippen LogP contribution is 2.27. The fraction of sp³-hybridized carbons (Fsp3) is 0.417. The van der Waals surface area contributed by atoms with Crippen molar-refractivity contribution in [2.24, 2.45) is 0 Å². The number of likely N-dealkylation sites (tertiary alicyclic amines) is 1. The van der Waals surface area contributed by atoms with Crippen molar-refractivity contribution >= 4 is 40.6 Å². The molecule has 3 aromatic rings. The monoisotopic (exact) mass is 460 g/mol. The Labute approximate surface area is 192 Å². The van der Waals surface area contributed by atoms with Crippen LogP contribution in [0.1, 0.15) is 59.6 Å². The molecule has 5 nitrogen and oxygen atoms in total. The molecule has 31 heavy (non-hydrogen) atoms. The summed E-state index contributed by atoms with van der Waals surface area (Å²) < 4.78 is 5.77. The molecular formula is C24H29ClN2O3S. The number of benzene rings is 1. The fourth-order valence-corrected chi connectivity index (χ4v) is 4.97. The fourth-order valence-electron chi connectivity index (χ4n) is 4.11. The molecular weight excluding hydrogens is 432 g/mol. The third-order valence-corrected chi connectivity index (χ3v) is 6.81. The number of nitrogens with one attached hydrogen (secondary N) is 1. The van der Waals surface area contributed by atoms with E-state index in [0.29, 0.717) is 17.5 Å². The number of fused-ring (bicyclic) bond motifs is 1. The molecule has 1 saturated heterocycles. The van der Waals surface area contributed by atoms with E-state index in [4.69, 9.17) is 4.42 Å². The second kappa shape index (κ2) is 10.9. The molecule has 4 rings (SSSR count). The lowest BCUT2D eigenvalue weighted by Gasteiger charge is -2.30. The van der Waals surface area contributed by atoms with Crippen LogP contribution in [-0.4, -0.2) is 30.4 Å². The highest BCUT2D eigenvalue weighted by Gasteiger charge is 2.24. The van der Waals surface area contributed by atoms with Crippen molar-refractivity contribution in [2.45, 2.75) is 45.1 Å². The van der Waals surface area contributed by atoms with Crippen molar-refractivity contribution in [2.75, 3.05) is 19.6 Å². The molecule has 1 fully saturated rings. The van der Waals surface area contributed by atoms with Crippen molar-refractivity contribution in [1.82, 2.24) is 10.2 Å². The first-order valence-electron chi connectivity index (χ1n) is 10.8. The van der Waals surface area contributed by atoms with Crippen molar-refractivity contribution in [1.29, 1.82) is 0 Å². The number of nitrogens with zero attached hydrogens (tertiary/aromatic N) is 1. The van der Waals surface area contributed by atoms with Crippen LogP contribution in [0.2, 0.25) is 0 Å². The molecule has 1 aliphatic heterocycles. The van der Waals surface area contributed by atoms with Crippen molar-refractivity contribution in [3.63, 3.8) is 0 Å². The summed E-state index contributed by atoms with van der Waals surface area (Å²) in [5, 5.41) is 5.61. The van der Waals surface area contributed by atoms with E-state index in [9.17, 15) is 9.59 Å². The molecule has 0 radical (unpaired) electrons. The normalized spacial score (nSPS) is 15.8. The molecule has 2 aromatic heterocycles. The van der Waals surface area contributed by atoms with E-state index in [1.807, 2.05) is 19.1 Å². The van der Waals surface area contributed by atoms with Crippen LogP contribution in [0.3, 0.4) is 0 Å². The first kappa shape index (κ1) is 23.5. The third-order valence-electron chi connectivity index (χ3n) is 5.83. The lowest BCUT2D eigenvalue weighted by atomic mass is 10.1. The van der Waals surface area contributed by atoms with Crippen LogP contribution in [0, 0.1) is 0 Å². The number of carbonyl (C=O) groups excluding carboxylic acids is 1. The van der Waals surface area contributed by atoms with Crippen molar-refractivity contribution in [3.05, 3.63) is 68.2 Å². The molecule has 1 aromatic carbocycles. The van der Waals surface area contributed by atoms with Gasteiger partial charge in [0.25, 0.3) is 5.91 Å². The Morgan fingerprint density at radius 2 is 1.94 bits per heavy atom. The maximum Gasteiger partial charge on any atom is 0.287 e. The molecule has 0 aliphatic carbocycles. The minimum atomic E-state index is -0.343. The van der Waals surface area contributed by atoms with Gasteiger partial charge in [0, 0.05) is 17.5 Å². The van der Waals surface area contributed by atoms with E-state index in [2.05, 4.69) is 27.7 Å². The number of hydrogen-bond acceptors (Lipinski definition) is 5. The summed E-state index contributed by atoms with van der Waals surface area (Å²) in [7, 11) is 0. The first-order valence-corrected chi connectivity index (χ1v) is 11.7. The van der Waals surface area contributed by atoms with E-state index >= 15 is 0 Å². The topological polar surface area (TPSA) is 62.6 Å². The highest BCUT2D eigenvalue weighted by molar-refractivity contribution is 7.10. The summed E-state index contributed by atoms with van der Waals surface area (Å²) in [6.45, 7) is 4.63. The molecule has 1 aliphatic rings. The molecule has 0 saturated carbocycles. The molecule has 7 heteroatoms. The van der Waals surface area contributed by atoms with Crippen LogP contribution in [0.4, 0.5) is 0 Å². The number of amides is 1. The largest absolute Gasteiger partial charge is 0.451 e. The number of rotatable bonds is 6. The molecule has 1 atom stereocenters. The predicted molar refractivity (Wildman–Crippen MR) is 129 cm³/mol. The number of carbonyl (C=O) groups is 1. The van der Waals surface area contributed by atoms with Crippen molar-refractivity contribution in [3.8, 4) is 0 Å². The second-order valence-corrected chi connectivity index (χ2v) is 8.83. The van der Waals surface area contributed by atoms with Gasteiger partial charge in [0.2, 0.25) is 0 Å². The van der Waals surface area contributed by atoms with Crippen LogP contribution in [0.5, 0.6) is 0 Å². The van der Waals surface area contributed by atoms with Crippen LogP contribution in [0.25, 0.3) is 11.0 Å². The van der Waals surface area contributed by atoms with Crippen LogP contribution in [0.15, 0.2) is 51.0 Å². The van der Waals surface area contributed by atoms with E-state index in [1.54, 1.807) is 17.4 Å². The zero-order valence-electron chi connectivity index (χ0n) is 17.8. The average molecular weight is 461 g/mol. The van der Waals surface area contributed by atoms with E-state index < -0.39 is 0 Å². The zero-order chi connectivity index (χ0) is 20.9. The van der Waals surface area contributed by atoms with E-state index in [0.717, 1.165) is 25.1 Å². The van der Waals surface area contributed by atoms with Gasteiger partial charge in [-0.3, -0.25) is 14.5 Å². The number of aryl methyl sites for hydroxylation is 1. The lowest BCUT2D eigenvalue weighted by molar-refractivity contribution is 0.0907. The Hall–Kier alpha value is -2.15. The quantitative estimate of drug-likeness (QED) is 0.550. The smallest absolute Gasteiger partial charge is 0.287 e. The van der Waals surface area contributed by atoms with Gasteiger partial charge < -0.3 is 9.73 Å². The lowest BCUT2D eigenvalue weighted by Crippen LogP contribution is -2.38. The number of thiophene rings is 1. The SMILES string of the molecule is CCc1ccc2oc(C(=O)NCC(c3cccs3)N3CCCCCC3)cc(=O)c2c1.Cl. The third kappa shape index (κ3) is 5.56. The predicted octanol–water partition coefficient (Wildman–Crippen LogP) is 5.19. The Bertz CT molecular complexity index is 1060. The standard InChI is InChI=1S/C24H28N2O3S.ClH/c1-2-17-9-10-21-18(14-17)20(27)15-22(29-21)24(28)25-16-19(23-8-7-13-30-23)26-11-5-3-4-6-12-26;/h7-10,13-15,19H,2-6,11-12,16H2,1H3,(H,25,28);1H. The summed E-state index contributed by atoms with van der Waals surface area (Å²) in [5.74, 6) is -0.275. The summed E-state index contributed by atoms with van der Waals surface area (Å²) in [4.78, 5) is 29.1. The van der Waals surface area contributed by atoms with E-state index in [-0.39, 0.29) is 35.5 Å². The molecule has 1 amide bonds. The number of halogens is 1. The molecule has 0 spiro atoms. The van der Waals surface area contributed by atoms with Crippen molar-refractivity contribution < 1.29 is 9.21 Å². The number of hydrogen-bond donors (Lipinski definition) is 1. The van der Waals surface area contributed by atoms with Gasteiger partial charge in [-0.2, -0.15) is 0 Å². The summed E-state index contributed by atoms with van der Waals surface area (Å²) in [5.41, 5.74) is 1.34. The summed E-state index contributed by atoms with van der Waals surface area (Å²) in [6.07, 6.45) is 5.76. The van der Waals surface area contributed by atoms with Gasteiger partial charge in [0.15, 0.2) is 11.2 Å². The van der Waals surface area contributed by atoms with Crippen LogP contribution < -0.4 is 10.7 Å². The van der Waals surface area contributed by atoms with Gasteiger partial charge in [-0.25, -0.2) is 0 Å². The van der Waals surface area contributed by atoms with Gasteiger partial charge in [0.1, 0.15) is 5.58 Å². The van der Waals surface area contributed by atoms with Gasteiger partial charge in [-0.1, -0.05) is 31.9 Å². The minimum absolute atomic E-state index is 0. The maximum absolute atomic E-state index is 12.8. The maximum atomic E-state index is 12.8. The van der Waals surface area contributed by atoms with Crippen LogP contribution in [-0.2, 0) is 6.42 Å². The second-order valence-electron chi connectivity index (χ2n) is 7.85. The van der Waals surface area contributed by atoms with Gasteiger partial charge in [-0.15, -0.1) is 23.7 Å². The van der Waals surface area contributed by atoms with E-state index in [1.165, 1.54) is 36.6 Å².